The summed E-state index contributed by atoms with van der Waals surface area (Å²) in [5.74, 6) is 0.689. The SMILES string of the molecule is Cc1coc(Oc2ccccc2Br)n1. The van der Waals surface area contributed by atoms with E-state index in [9.17, 15) is 0 Å². The molecule has 0 saturated heterocycles. The van der Waals surface area contributed by atoms with Crippen molar-refractivity contribution in [3.8, 4) is 11.8 Å². The highest BCUT2D eigenvalue weighted by Crippen LogP contribution is 2.28. The van der Waals surface area contributed by atoms with Crippen LogP contribution in [0.25, 0.3) is 0 Å². The van der Waals surface area contributed by atoms with Gasteiger partial charge in [0.05, 0.1) is 10.2 Å². The van der Waals surface area contributed by atoms with E-state index < -0.39 is 0 Å². The number of hydrogen-bond donors (Lipinski definition) is 0. The second kappa shape index (κ2) is 3.84. The van der Waals surface area contributed by atoms with Crippen LogP contribution < -0.4 is 4.74 Å². The van der Waals surface area contributed by atoms with Crippen molar-refractivity contribution in [2.45, 2.75) is 6.92 Å². The van der Waals surface area contributed by atoms with Crippen LogP contribution in [0.4, 0.5) is 0 Å². The van der Waals surface area contributed by atoms with Crippen LogP contribution in [0.5, 0.6) is 11.8 Å². The van der Waals surface area contributed by atoms with E-state index in [4.69, 9.17) is 9.15 Å². The van der Waals surface area contributed by atoms with Gasteiger partial charge in [-0.25, -0.2) is 0 Å². The summed E-state index contributed by atoms with van der Waals surface area (Å²) in [6.07, 6.45) is 1.81. The number of ether oxygens (including phenoxy) is 1. The number of benzene rings is 1. The van der Waals surface area contributed by atoms with Crippen LogP contribution in [0.2, 0.25) is 0 Å². The van der Waals surface area contributed by atoms with Crippen LogP contribution in [0, 0.1) is 6.92 Å². The molecule has 0 aliphatic carbocycles. The lowest BCUT2D eigenvalue weighted by molar-refractivity contribution is 0.329. The first-order valence-electron chi connectivity index (χ1n) is 4.10. The number of aryl methyl sites for hydroxylation is 1. The number of halogens is 1. The van der Waals surface area contributed by atoms with Gasteiger partial charge < -0.3 is 9.15 Å². The van der Waals surface area contributed by atoms with E-state index in [1.54, 1.807) is 6.26 Å². The molecule has 0 N–H and O–H groups in total. The van der Waals surface area contributed by atoms with Gasteiger partial charge in [-0.2, -0.15) is 4.98 Å². The van der Waals surface area contributed by atoms with Gasteiger partial charge in [0.1, 0.15) is 12.0 Å². The summed E-state index contributed by atoms with van der Waals surface area (Å²) < 4.78 is 11.3. The molecular formula is C10H8BrNO2. The fourth-order valence-corrected chi connectivity index (χ4v) is 1.37. The standard InChI is InChI=1S/C10H8BrNO2/c1-7-6-13-10(12-7)14-9-5-3-2-4-8(9)11/h2-6H,1H3. The number of rotatable bonds is 2. The molecular weight excluding hydrogens is 246 g/mol. The van der Waals surface area contributed by atoms with E-state index in [2.05, 4.69) is 20.9 Å². The van der Waals surface area contributed by atoms with Crippen molar-refractivity contribution in [3.05, 3.63) is 40.7 Å². The van der Waals surface area contributed by atoms with Crippen molar-refractivity contribution in [2.75, 3.05) is 0 Å². The van der Waals surface area contributed by atoms with Crippen molar-refractivity contribution in [1.29, 1.82) is 0 Å². The fourth-order valence-electron chi connectivity index (χ4n) is 1.00. The molecule has 0 atom stereocenters. The molecule has 0 bridgehead atoms. The van der Waals surface area contributed by atoms with Gasteiger partial charge in [-0.05, 0) is 35.0 Å². The lowest BCUT2D eigenvalue weighted by atomic mass is 10.3. The molecule has 0 radical (unpaired) electrons. The first kappa shape index (κ1) is 9.27. The van der Waals surface area contributed by atoms with Gasteiger partial charge in [-0.1, -0.05) is 12.1 Å². The van der Waals surface area contributed by atoms with Crippen LogP contribution >= 0.6 is 15.9 Å². The first-order chi connectivity index (χ1) is 6.75. The third-order valence-corrected chi connectivity index (χ3v) is 2.29. The predicted molar refractivity (Wildman–Crippen MR) is 55.5 cm³/mol. The molecule has 1 aromatic carbocycles. The summed E-state index contributed by atoms with van der Waals surface area (Å²) in [7, 11) is 0. The van der Waals surface area contributed by atoms with Gasteiger partial charge in [-0.3, -0.25) is 0 Å². The Morgan fingerprint density at radius 3 is 2.79 bits per heavy atom. The Bertz CT molecular complexity index is 439. The maximum atomic E-state index is 5.41. The summed E-state index contributed by atoms with van der Waals surface area (Å²) in [5, 5.41) is 0. The minimum absolute atomic E-state index is 0.259. The number of para-hydroxylation sites is 1. The quantitative estimate of drug-likeness (QED) is 0.822. The van der Waals surface area contributed by atoms with Crippen molar-refractivity contribution >= 4 is 15.9 Å². The Hall–Kier alpha value is -1.29. The van der Waals surface area contributed by atoms with Crippen molar-refractivity contribution in [2.24, 2.45) is 0 Å². The smallest absolute Gasteiger partial charge is 0.399 e. The monoisotopic (exact) mass is 253 g/mol. The van der Waals surface area contributed by atoms with Crippen LogP contribution in [-0.2, 0) is 0 Å². The molecule has 0 fully saturated rings. The van der Waals surface area contributed by atoms with Gasteiger partial charge >= 0.3 is 6.08 Å². The second-order valence-corrected chi connectivity index (χ2v) is 3.64. The molecule has 4 heteroatoms. The largest absolute Gasteiger partial charge is 0.417 e. The summed E-state index contributed by atoms with van der Waals surface area (Å²) in [5.41, 5.74) is 0.798. The van der Waals surface area contributed by atoms with E-state index in [0.717, 1.165) is 10.2 Å². The fraction of sp³-hybridized carbons (Fsp3) is 0.100. The lowest BCUT2D eigenvalue weighted by Gasteiger charge is -2.01. The van der Waals surface area contributed by atoms with E-state index >= 15 is 0 Å². The maximum Gasteiger partial charge on any atom is 0.399 e. The Labute approximate surface area is 89.8 Å². The predicted octanol–water partition coefficient (Wildman–Crippen LogP) is 3.54. The zero-order valence-corrected chi connectivity index (χ0v) is 9.11. The number of hydrogen-bond acceptors (Lipinski definition) is 3. The Balaban J connectivity index is 2.23. The van der Waals surface area contributed by atoms with Crippen molar-refractivity contribution in [1.82, 2.24) is 4.98 Å². The molecule has 0 saturated carbocycles. The summed E-state index contributed by atoms with van der Waals surface area (Å²) >= 11 is 3.37. The molecule has 0 amide bonds. The molecule has 72 valence electrons. The van der Waals surface area contributed by atoms with Gasteiger partial charge in [0.15, 0.2) is 0 Å². The van der Waals surface area contributed by atoms with Crippen molar-refractivity contribution < 1.29 is 9.15 Å². The summed E-state index contributed by atoms with van der Waals surface area (Å²) in [6.45, 7) is 1.84. The Morgan fingerprint density at radius 1 is 1.36 bits per heavy atom. The highest BCUT2D eigenvalue weighted by atomic mass is 79.9. The molecule has 2 aromatic rings. The van der Waals surface area contributed by atoms with E-state index in [0.29, 0.717) is 5.75 Å². The molecule has 1 aromatic heterocycles. The molecule has 2 rings (SSSR count). The van der Waals surface area contributed by atoms with Crippen LogP contribution in [0.3, 0.4) is 0 Å². The minimum atomic E-state index is 0.259. The second-order valence-electron chi connectivity index (χ2n) is 2.79. The number of aromatic nitrogens is 1. The topological polar surface area (TPSA) is 35.3 Å². The van der Waals surface area contributed by atoms with E-state index in [1.807, 2.05) is 31.2 Å². The van der Waals surface area contributed by atoms with Crippen molar-refractivity contribution in [3.63, 3.8) is 0 Å². The zero-order chi connectivity index (χ0) is 9.97. The lowest BCUT2D eigenvalue weighted by Crippen LogP contribution is -1.84. The molecule has 3 nitrogen and oxygen atoms in total. The molecule has 0 spiro atoms. The summed E-state index contributed by atoms with van der Waals surface area (Å²) in [6, 6.07) is 7.53. The summed E-state index contributed by atoms with van der Waals surface area (Å²) in [4.78, 5) is 4.04. The van der Waals surface area contributed by atoms with Gasteiger partial charge in [0.25, 0.3) is 0 Å². The first-order valence-corrected chi connectivity index (χ1v) is 4.89. The highest BCUT2D eigenvalue weighted by molar-refractivity contribution is 9.10. The number of nitrogens with zero attached hydrogens (tertiary/aromatic N) is 1. The average Bonchev–Trinajstić information content (AvgIpc) is 2.56. The number of oxazole rings is 1. The third-order valence-electron chi connectivity index (χ3n) is 1.63. The van der Waals surface area contributed by atoms with E-state index in [1.165, 1.54) is 0 Å². The van der Waals surface area contributed by atoms with Gasteiger partial charge in [0, 0.05) is 0 Å². The minimum Gasteiger partial charge on any atom is -0.417 e. The normalized spacial score (nSPS) is 10.1. The molecule has 0 unspecified atom stereocenters. The Kier molecular flexibility index (Phi) is 2.54. The van der Waals surface area contributed by atoms with Crippen LogP contribution in [0.15, 0.2) is 39.4 Å². The zero-order valence-electron chi connectivity index (χ0n) is 7.53. The van der Waals surface area contributed by atoms with E-state index in [-0.39, 0.29) is 6.08 Å². The van der Waals surface area contributed by atoms with Crippen LogP contribution in [-0.4, -0.2) is 4.98 Å². The van der Waals surface area contributed by atoms with Crippen LogP contribution in [0.1, 0.15) is 5.69 Å². The molecule has 0 aliphatic rings. The third kappa shape index (κ3) is 1.96. The maximum absolute atomic E-state index is 5.41. The Morgan fingerprint density at radius 2 is 2.14 bits per heavy atom. The van der Waals surface area contributed by atoms with Gasteiger partial charge in [-0.15, -0.1) is 0 Å². The molecule has 1 heterocycles. The molecule has 14 heavy (non-hydrogen) atoms. The van der Waals surface area contributed by atoms with Gasteiger partial charge in [0.2, 0.25) is 0 Å². The highest BCUT2D eigenvalue weighted by Gasteiger charge is 2.05. The average molecular weight is 254 g/mol. The molecule has 0 aliphatic heterocycles.